The minimum absolute atomic E-state index is 0.0239. The van der Waals surface area contributed by atoms with Gasteiger partial charge in [-0.25, -0.2) is 4.79 Å². The molecule has 126 valence electrons. The summed E-state index contributed by atoms with van der Waals surface area (Å²) in [7, 11) is 0. The van der Waals surface area contributed by atoms with Gasteiger partial charge in [0.1, 0.15) is 0 Å². The van der Waals surface area contributed by atoms with Crippen molar-refractivity contribution in [3.63, 3.8) is 0 Å². The van der Waals surface area contributed by atoms with Crippen molar-refractivity contribution >= 4 is 16.6 Å². The first-order valence-electron chi connectivity index (χ1n) is 8.44. The van der Waals surface area contributed by atoms with Crippen LogP contribution in [0.4, 0.5) is 5.69 Å². The van der Waals surface area contributed by atoms with E-state index >= 15 is 0 Å². The van der Waals surface area contributed by atoms with E-state index in [1.165, 1.54) is 11.0 Å². The van der Waals surface area contributed by atoms with Gasteiger partial charge in [-0.05, 0) is 37.0 Å². The first-order valence-corrected chi connectivity index (χ1v) is 8.44. The van der Waals surface area contributed by atoms with Crippen molar-refractivity contribution < 1.29 is 0 Å². The van der Waals surface area contributed by atoms with Gasteiger partial charge in [-0.2, -0.15) is 0 Å². The van der Waals surface area contributed by atoms with Gasteiger partial charge in [0.25, 0.3) is 5.56 Å². The summed E-state index contributed by atoms with van der Waals surface area (Å²) in [5.41, 5.74) is 6.27. The molecule has 3 N–H and O–H groups in total. The second-order valence-electron chi connectivity index (χ2n) is 6.93. The summed E-state index contributed by atoms with van der Waals surface area (Å²) >= 11 is 0. The molecule has 1 aromatic carbocycles. The molecule has 2 aromatic rings. The average molecular weight is 317 g/mol. The number of nitrogen functional groups attached to an aromatic ring is 1. The molecule has 0 unspecified atom stereocenters. The highest BCUT2D eigenvalue weighted by molar-refractivity contribution is 5.80. The topological polar surface area (TPSA) is 80.9 Å². The average Bonchev–Trinajstić information content (AvgIpc) is 2.49. The van der Waals surface area contributed by atoms with E-state index in [-0.39, 0.29) is 17.3 Å². The molecule has 0 bridgehead atoms. The molecule has 1 aliphatic carbocycles. The monoisotopic (exact) mass is 317 g/mol. The summed E-state index contributed by atoms with van der Waals surface area (Å²) in [5.74, 6) is 0.833. The number of rotatable bonds is 1. The molecule has 0 saturated heterocycles. The highest BCUT2D eigenvalue weighted by atomic mass is 16.2. The molecular weight excluding hydrogens is 290 g/mol. The van der Waals surface area contributed by atoms with Crippen molar-refractivity contribution in [3.05, 3.63) is 39.0 Å². The number of anilines is 1. The number of benzene rings is 1. The fourth-order valence-corrected chi connectivity index (χ4v) is 2.92. The molecule has 1 saturated carbocycles. The summed E-state index contributed by atoms with van der Waals surface area (Å²) < 4.78 is 1.38. The van der Waals surface area contributed by atoms with E-state index in [9.17, 15) is 9.59 Å². The Kier molecular flexibility index (Phi) is 5.64. The van der Waals surface area contributed by atoms with Crippen LogP contribution in [0, 0.1) is 5.92 Å². The molecule has 1 heterocycles. The number of fused-ring (bicyclic) bond motifs is 1. The van der Waals surface area contributed by atoms with Gasteiger partial charge in [-0.3, -0.25) is 9.36 Å². The second-order valence-corrected chi connectivity index (χ2v) is 6.93. The molecule has 1 aromatic heterocycles. The third kappa shape index (κ3) is 4.24. The molecule has 5 heteroatoms. The Labute approximate surface area is 136 Å². The van der Waals surface area contributed by atoms with E-state index < -0.39 is 0 Å². The van der Waals surface area contributed by atoms with Crippen molar-refractivity contribution in [2.75, 3.05) is 5.73 Å². The van der Waals surface area contributed by atoms with Crippen LogP contribution in [0.2, 0.25) is 0 Å². The molecule has 3 rings (SSSR count). The Bertz CT molecular complexity index is 765. The third-order valence-electron chi connectivity index (χ3n) is 3.89. The Morgan fingerprint density at radius 1 is 1.13 bits per heavy atom. The number of aromatic amines is 1. The van der Waals surface area contributed by atoms with Crippen molar-refractivity contribution in [3.8, 4) is 0 Å². The van der Waals surface area contributed by atoms with E-state index in [2.05, 4.69) is 25.8 Å². The van der Waals surface area contributed by atoms with E-state index in [0.29, 0.717) is 16.6 Å². The van der Waals surface area contributed by atoms with Crippen LogP contribution >= 0.6 is 0 Å². The maximum absolute atomic E-state index is 12.5. The van der Waals surface area contributed by atoms with Crippen LogP contribution in [-0.2, 0) is 0 Å². The van der Waals surface area contributed by atoms with E-state index in [1.54, 1.807) is 18.2 Å². The Morgan fingerprint density at radius 2 is 1.74 bits per heavy atom. The summed E-state index contributed by atoms with van der Waals surface area (Å²) in [6.45, 7) is 6.50. The van der Waals surface area contributed by atoms with Gasteiger partial charge in [0.05, 0.1) is 10.9 Å². The predicted octanol–water partition coefficient (Wildman–Crippen LogP) is 3.44. The molecule has 0 radical (unpaired) electrons. The van der Waals surface area contributed by atoms with E-state index in [1.807, 2.05) is 0 Å². The van der Waals surface area contributed by atoms with E-state index in [4.69, 9.17) is 5.73 Å². The van der Waals surface area contributed by atoms with Crippen LogP contribution < -0.4 is 17.0 Å². The van der Waals surface area contributed by atoms with Crippen LogP contribution in [0.3, 0.4) is 0 Å². The maximum atomic E-state index is 12.5. The predicted molar refractivity (Wildman–Crippen MR) is 95.9 cm³/mol. The van der Waals surface area contributed by atoms with Crippen LogP contribution in [0.15, 0.2) is 27.8 Å². The van der Waals surface area contributed by atoms with Gasteiger partial charge >= 0.3 is 5.69 Å². The zero-order valence-corrected chi connectivity index (χ0v) is 14.3. The minimum atomic E-state index is -0.311. The van der Waals surface area contributed by atoms with Gasteiger partial charge in [0.15, 0.2) is 0 Å². The first kappa shape index (κ1) is 17.3. The number of nitrogens with one attached hydrogen (secondary N) is 1. The number of aromatic nitrogens is 2. The Morgan fingerprint density at radius 3 is 2.35 bits per heavy atom. The largest absolute Gasteiger partial charge is 0.399 e. The lowest BCUT2D eigenvalue weighted by molar-refractivity contribution is 0.338. The lowest BCUT2D eigenvalue weighted by atomic mass is 9.95. The molecular formula is C18H27N3O2. The molecule has 0 aliphatic heterocycles. The van der Waals surface area contributed by atoms with Crippen molar-refractivity contribution in [1.29, 1.82) is 0 Å². The number of nitrogens with zero attached hydrogens (tertiary/aromatic N) is 1. The summed E-state index contributed by atoms with van der Waals surface area (Å²) in [6, 6.07) is 5.02. The van der Waals surface area contributed by atoms with Gasteiger partial charge in [0.2, 0.25) is 0 Å². The zero-order chi connectivity index (χ0) is 17.0. The van der Waals surface area contributed by atoms with Gasteiger partial charge in [-0.1, -0.05) is 40.0 Å². The van der Waals surface area contributed by atoms with Gasteiger partial charge in [-0.15, -0.1) is 0 Å². The normalized spacial score (nSPS) is 15.5. The highest BCUT2D eigenvalue weighted by Gasteiger charge is 2.19. The van der Waals surface area contributed by atoms with Gasteiger partial charge in [0, 0.05) is 11.7 Å². The molecule has 0 amide bonds. The lowest BCUT2D eigenvalue weighted by Gasteiger charge is -2.23. The maximum Gasteiger partial charge on any atom is 0.329 e. The summed E-state index contributed by atoms with van der Waals surface area (Å²) in [5, 5.41) is 0.491. The van der Waals surface area contributed by atoms with Gasteiger partial charge < -0.3 is 10.7 Å². The van der Waals surface area contributed by atoms with Crippen molar-refractivity contribution in [2.45, 2.75) is 58.9 Å². The zero-order valence-electron chi connectivity index (χ0n) is 14.3. The number of hydrogen-bond donors (Lipinski definition) is 2. The SMILES string of the molecule is CC(C)C.Nc1ccc2[nH]c(=O)n(C3CCCCC3)c(=O)c2c1. The third-order valence-corrected chi connectivity index (χ3v) is 3.89. The number of nitrogens with two attached hydrogens (primary N) is 1. The minimum Gasteiger partial charge on any atom is -0.399 e. The van der Waals surface area contributed by atoms with E-state index in [0.717, 1.165) is 31.6 Å². The molecule has 0 atom stereocenters. The molecule has 0 spiro atoms. The number of hydrogen-bond acceptors (Lipinski definition) is 3. The van der Waals surface area contributed by atoms with Crippen molar-refractivity contribution in [2.24, 2.45) is 5.92 Å². The molecule has 5 nitrogen and oxygen atoms in total. The first-order chi connectivity index (χ1) is 10.9. The molecule has 1 aliphatic rings. The fourth-order valence-electron chi connectivity index (χ4n) is 2.92. The van der Waals surface area contributed by atoms with Crippen LogP contribution in [0.25, 0.3) is 10.9 Å². The van der Waals surface area contributed by atoms with Crippen LogP contribution in [0.1, 0.15) is 58.9 Å². The Balaban J connectivity index is 0.000000433. The molecule has 23 heavy (non-hydrogen) atoms. The van der Waals surface area contributed by atoms with Crippen LogP contribution in [-0.4, -0.2) is 9.55 Å². The quantitative estimate of drug-likeness (QED) is 0.791. The summed E-state index contributed by atoms with van der Waals surface area (Å²) in [6.07, 6.45) is 5.13. The smallest absolute Gasteiger partial charge is 0.329 e. The fraction of sp³-hybridized carbons (Fsp3) is 0.556. The number of H-pyrrole nitrogens is 1. The standard InChI is InChI=1S/C14H17N3O2.C4H10/c15-9-6-7-12-11(8-9)13(18)17(14(19)16-12)10-4-2-1-3-5-10;1-4(2)3/h6-8,10H,1-5,15H2,(H,16,19);4H,1-3H3. The molecule has 1 fully saturated rings. The van der Waals surface area contributed by atoms with Crippen molar-refractivity contribution in [1.82, 2.24) is 9.55 Å². The Hall–Kier alpha value is -2.04. The lowest BCUT2D eigenvalue weighted by Crippen LogP contribution is -2.38. The highest BCUT2D eigenvalue weighted by Crippen LogP contribution is 2.26. The summed E-state index contributed by atoms with van der Waals surface area (Å²) in [4.78, 5) is 27.4. The van der Waals surface area contributed by atoms with Crippen LogP contribution in [0.5, 0.6) is 0 Å². The second kappa shape index (κ2) is 7.49.